The van der Waals surface area contributed by atoms with Crippen LogP contribution in [0.15, 0.2) is 48.5 Å². The molecule has 1 fully saturated rings. The molecule has 4 amide bonds. The second kappa shape index (κ2) is 22.8. The minimum absolute atomic E-state index is 0.0242. The third-order valence-electron chi connectivity index (χ3n) is 10.4. The summed E-state index contributed by atoms with van der Waals surface area (Å²) in [6.07, 6.45) is 5.48. The Kier molecular flexibility index (Phi) is 18.6. The molecule has 6 N–H and O–H groups in total. The average molecular weight is 782 g/mol. The summed E-state index contributed by atoms with van der Waals surface area (Å²) in [5.41, 5.74) is 1.32. The number of likely N-dealkylation sites (N-methyl/N-ethyl adjacent to an activating group) is 2. The molecule has 2 aromatic rings. The number of methoxy groups -OCH3 is 1. The fourth-order valence-corrected chi connectivity index (χ4v) is 7.17. The van der Waals surface area contributed by atoms with E-state index in [-0.39, 0.29) is 43.2 Å². The lowest BCUT2D eigenvalue weighted by molar-refractivity contribution is -0.150. The van der Waals surface area contributed by atoms with Crippen LogP contribution < -0.4 is 16.0 Å². The van der Waals surface area contributed by atoms with E-state index in [1.165, 1.54) is 48.2 Å². The van der Waals surface area contributed by atoms with Crippen LogP contribution in [-0.2, 0) is 41.6 Å². The number of unbranched alkanes of at least 4 members (excludes halogenated alkanes) is 4. The molecular formula is C42H63N5O9. The molecule has 14 heteroatoms. The third kappa shape index (κ3) is 13.5. The van der Waals surface area contributed by atoms with Gasteiger partial charge in [-0.3, -0.25) is 19.2 Å². The van der Waals surface area contributed by atoms with Crippen molar-refractivity contribution < 1.29 is 44.0 Å². The number of aromatic hydroxyl groups is 2. The number of likely N-dealkylation sites (tertiary alicyclic amines) is 1. The highest BCUT2D eigenvalue weighted by Gasteiger charge is 2.42. The lowest BCUT2D eigenvalue weighted by Gasteiger charge is -2.36. The molecule has 6 unspecified atom stereocenters. The fourth-order valence-electron chi connectivity index (χ4n) is 7.17. The lowest BCUT2D eigenvalue weighted by atomic mass is 9.98. The van der Waals surface area contributed by atoms with E-state index in [1.54, 1.807) is 31.3 Å². The van der Waals surface area contributed by atoms with Crippen LogP contribution in [0.4, 0.5) is 0 Å². The number of hydrogen-bond acceptors (Lipinski definition) is 10. The summed E-state index contributed by atoms with van der Waals surface area (Å²) in [4.78, 5) is 71.8. The van der Waals surface area contributed by atoms with Crippen LogP contribution in [-0.4, -0.2) is 119 Å². The Morgan fingerprint density at radius 1 is 0.875 bits per heavy atom. The molecule has 14 nitrogen and oxygen atoms in total. The number of carbonyl (C=O) groups is 5. The molecule has 1 aliphatic rings. The maximum atomic E-state index is 14.5. The Hall–Kier alpha value is -4.69. The maximum absolute atomic E-state index is 14.5. The minimum atomic E-state index is -1.44. The standard InChI is InChI=1S/C42H63N5O9/c1-7-8-9-10-11-13-32(43-4)37(50)39(52)44-33(25-28-15-19-30(48)20-16-28)40(53)46(5)36(24-27(2)3)41(54)47-23-12-14-35(47)38(51)45-34(42(55)56-6)26-29-17-21-31(49)22-18-29/h15-22,27,32-37,43,48-50H,7-14,23-26H2,1-6H3,(H,44,52)(H,45,51). The number of amides is 4. The summed E-state index contributed by atoms with van der Waals surface area (Å²) in [5, 5.41) is 39.2. The Bertz CT molecular complexity index is 1570. The molecule has 0 aliphatic carbocycles. The molecule has 1 heterocycles. The second-order valence-corrected chi connectivity index (χ2v) is 15.2. The van der Waals surface area contributed by atoms with Crippen LogP contribution in [0.2, 0.25) is 0 Å². The van der Waals surface area contributed by atoms with E-state index in [1.807, 2.05) is 13.8 Å². The Balaban J connectivity index is 1.84. The smallest absolute Gasteiger partial charge is 0.328 e. The van der Waals surface area contributed by atoms with E-state index in [2.05, 4.69) is 22.9 Å². The number of carbonyl (C=O) groups excluding carboxylic acids is 5. The largest absolute Gasteiger partial charge is 0.508 e. The zero-order chi connectivity index (χ0) is 41.4. The van der Waals surface area contributed by atoms with Crippen LogP contribution in [0.25, 0.3) is 0 Å². The summed E-state index contributed by atoms with van der Waals surface area (Å²) in [5.74, 6) is -2.85. The molecule has 1 saturated heterocycles. The summed E-state index contributed by atoms with van der Waals surface area (Å²) in [6, 6.07) is 7.81. The monoisotopic (exact) mass is 781 g/mol. The van der Waals surface area contributed by atoms with Gasteiger partial charge in [0, 0.05) is 32.5 Å². The first kappa shape index (κ1) is 45.7. The van der Waals surface area contributed by atoms with Crippen LogP contribution in [0.1, 0.15) is 89.7 Å². The van der Waals surface area contributed by atoms with Crippen molar-refractivity contribution in [2.24, 2.45) is 5.92 Å². The number of hydrogen-bond donors (Lipinski definition) is 6. The zero-order valence-corrected chi connectivity index (χ0v) is 33.8. The van der Waals surface area contributed by atoms with Crippen LogP contribution in [0.5, 0.6) is 11.5 Å². The van der Waals surface area contributed by atoms with E-state index in [9.17, 15) is 39.3 Å². The van der Waals surface area contributed by atoms with Gasteiger partial charge < -0.3 is 45.8 Å². The van der Waals surface area contributed by atoms with Crippen LogP contribution in [0, 0.1) is 5.92 Å². The van der Waals surface area contributed by atoms with Crippen molar-refractivity contribution in [3.8, 4) is 11.5 Å². The van der Waals surface area contributed by atoms with Gasteiger partial charge in [-0.25, -0.2) is 4.79 Å². The van der Waals surface area contributed by atoms with Crippen molar-refractivity contribution in [2.45, 2.75) is 128 Å². The SMILES string of the molecule is CCCCCCCC(NC)C(O)C(=O)NC(Cc1ccc(O)cc1)C(=O)N(C)C(CC(C)C)C(=O)N1CCCC1C(=O)NC(Cc1ccc(O)cc1)C(=O)OC. The molecule has 0 radical (unpaired) electrons. The Labute approximate surface area is 331 Å². The number of ether oxygens (including phenoxy) is 1. The van der Waals surface area contributed by atoms with E-state index < -0.39 is 65.9 Å². The van der Waals surface area contributed by atoms with Crippen LogP contribution in [0.3, 0.4) is 0 Å². The van der Waals surface area contributed by atoms with Gasteiger partial charge in [0.1, 0.15) is 41.8 Å². The molecule has 310 valence electrons. The highest BCUT2D eigenvalue weighted by molar-refractivity contribution is 5.96. The predicted molar refractivity (Wildman–Crippen MR) is 212 cm³/mol. The van der Waals surface area contributed by atoms with Gasteiger partial charge >= 0.3 is 5.97 Å². The molecule has 0 bridgehead atoms. The average Bonchev–Trinajstić information content (AvgIpc) is 3.68. The molecular weight excluding hydrogens is 718 g/mol. The van der Waals surface area contributed by atoms with E-state index in [4.69, 9.17) is 4.74 Å². The van der Waals surface area contributed by atoms with Gasteiger partial charge in [-0.05, 0) is 74.0 Å². The maximum Gasteiger partial charge on any atom is 0.328 e. The van der Waals surface area contributed by atoms with E-state index in [0.717, 1.165) is 32.1 Å². The van der Waals surface area contributed by atoms with Gasteiger partial charge in [-0.15, -0.1) is 0 Å². The number of nitrogens with zero attached hydrogens (tertiary/aromatic N) is 2. The number of phenolic OH excluding ortho intramolecular Hbond substituents is 2. The van der Waals surface area contributed by atoms with E-state index in [0.29, 0.717) is 30.4 Å². The first-order valence-electron chi connectivity index (χ1n) is 19.9. The Morgan fingerprint density at radius 2 is 1.45 bits per heavy atom. The fraction of sp³-hybridized carbons (Fsp3) is 0.595. The molecule has 0 saturated carbocycles. The number of nitrogens with one attached hydrogen (secondary N) is 3. The topological polar surface area (TPSA) is 198 Å². The summed E-state index contributed by atoms with van der Waals surface area (Å²) in [6.45, 7) is 6.23. The quantitative estimate of drug-likeness (QED) is 0.0763. The molecule has 0 spiro atoms. The number of phenols is 2. The molecule has 0 aromatic heterocycles. The van der Waals surface area contributed by atoms with Crippen molar-refractivity contribution in [2.75, 3.05) is 27.7 Å². The highest BCUT2D eigenvalue weighted by atomic mass is 16.5. The predicted octanol–water partition coefficient (Wildman–Crippen LogP) is 3.20. The zero-order valence-electron chi connectivity index (χ0n) is 33.8. The number of esters is 1. The van der Waals surface area contributed by atoms with E-state index >= 15 is 0 Å². The van der Waals surface area contributed by atoms with Crippen molar-refractivity contribution in [1.82, 2.24) is 25.8 Å². The van der Waals surface area contributed by atoms with Crippen molar-refractivity contribution >= 4 is 29.6 Å². The highest BCUT2D eigenvalue weighted by Crippen LogP contribution is 2.24. The first-order valence-corrected chi connectivity index (χ1v) is 19.9. The third-order valence-corrected chi connectivity index (χ3v) is 10.4. The molecule has 6 atom stereocenters. The van der Waals surface area contributed by atoms with Crippen molar-refractivity contribution in [1.29, 1.82) is 0 Å². The van der Waals surface area contributed by atoms with Gasteiger partial charge in [-0.1, -0.05) is 77.1 Å². The number of aliphatic hydroxyl groups excluding tert-OH is 1. The molecule has 3 rings (SSSR count). The normalized spacial score (nSPS) is 16.7. The van der Waals surface area contributed by atoms with Gasteiger partial charge in [-0.2, -0.15) is 0 Å². The minimum Gasteiger partial charge on any atom is -0.508 e. The summed E-state index contributed by atoms with van der Waals surface area (Å²) >= 11 is 0. The van der Waals surface area contributed by atoms with Gasteiger partial charge in [0.05, 0.1) is 7.11 Å². The van der Waals surface area contributed by atoms with Crippen LogP contribution >= 0.6 is 0 Å². The molecule has 2 aromatic carbocycles. The molecule has 56 heavy (non-hydrogen) atoms. The Morgan fingerprint density at radius 3 is 1.98 bits per heavy atom. The summed E-state index contributed by atoms with van der Waals surface area (Å²) in [7, 11) is 4.40. The van der Waals surface area contributed by atoms with Gasteiger partial charge in [0.15, 0.2) is 0 Å². The first-order chi connectivity index (χ1) is 26.7. The lowest BCUT2D eigenvalue weighted by Crippen LogP contribution is -2.59. The van der Waals surface area contributed by atoms with Crippen molar-refractivity contribution in [3.05, 3.63) is 59.7 Å². The van der Waals surface area contributed by atoms with Gasteiger partial charge in [0.25, 0.3) is 5.91 Å². The van der Waals surface area contributed by atoms with Gasteiger partial charge in [0.2, 0.25) is 17.7 Å². The number of benzene rings is 2. The second-order valence-electron chi connectivity index (χ2n) is 15.2. The number of rotatable bonds is 22. The summed E-state index contributed by atoms with van der Waals surface area (Å²) < 4.78 is 4.96. The molecule has 1 aliphatic heterocycles. The number of aliphatic hydroxyl groups is 1. The van der Waals surface area contributed by atoms with Crippen molar-refractivity contribution in [3.63, 3.8) is 0 Å².